The highest BCUT2D eigenvalue weighted by atomic mass is 16.4. The molecule has 2 rings (SSSR count). The first-order chi connectivity index (χ1) is 11.5. The van der Waals surface area contributed by atoms with Gasteiger partial charge in [0.15, 0.2) is 0 Å². The zero-order chi connectivity index (χ0) is 17.5. The number of hydrogen-bond donors (Lipinski definition) is 1. The quantitative estimate of drug-likeness (QED) is 0.808. The van der Waals surface area contributed by atoms with Gasteiger partial charge in [-0.25, -0.2) is 0 Å². The van der Waals surface area contributed by atoms with Crippen molar-refractivity contribution in [3.05, 3.63) is 35.4 Å². The largest absolute Gasteiger partial charge is 0.481 e. The molecule has 0 bridgehead atoms. The summed E-state index contributed by atoms with van der Waals surface area (Å²) < 4.78 is 0. The van der Waals surface area contributed by atoms with Crippen molar-refractivity contribution in [2.24, 2.45) is 0 Å². The van der Waals surface area contributed by atoms with Crippen LogP contribution in [0.2, 0.25) is 0 Å². The lowest BCUT2D eigenvalue weighted by Crippen LogP contribution is -2.50. The molecule has 1 heterocycles. The van der Waals surface area contributed by atoms with Crippen molar-refractivity contribution in [1.82, 2.24) is 14.7 Å². The van der Waals surface area contributed by atoms with Crippen LogP contribution in [0.4, 0.5) is 0 Å². The summed E-state index contributed by atoms with van der Waals surface area (Å²) in [4.78, 5) is 28.9. The molecule has 0 saturated carbocycles. The molecule has 0 spiro atoms. The van der Waals surface area contributed by atoms with Crippen LogP contribution in [-0.2, 0) is 16.1 Å². The Balaban J connectivity index is 1.74. The normalized spacial score (nSPS) is 15.7. The van der Waals surface area contributed by atoms with E-state index in [0.29, 0.717) is 6.54 Å². The van der Waals surface area contributed by atoms with Crippen LogP contribution in [-0.4, -0.2) is 78.0 Å². The van der Waals surface area contributed by atoms with Gasteiger partial charge in [0.25, 0.3) is 0 Å². The molecule has 0 aliphatic carbocycles. The van der Waals surface area contributed by atoms with Crippen LogP contribution in [0.5, 0.6) is 0 Å². The average molecular weight is 333 g/mol. The molecule has 6 heteroatoms. The van der Waals surface area contributed by atoms with Crippen LogP contribution in [0.1, 0.15) is 17.5 Å². The smallest absolute Gasteiger partial charge is 0.304 e. The summed E-state index contributed by atoms with van der Waals surface area (Å²) >= 11 is 0. The van der Waals surface area contributed by atoms with E-state index in [2.05, 4.69) is 36.1 Å². The Bertz CT molecular complexity index is 568. The minimum atomic E-state index is -0.834. The standard InChI is InChI=1S/C18H27N3O3/c1-15-5-3-4-6-16(15)13-20-9-11-21(12-10-20)17(22)14-19(2)8-7-18(23)24/h3-6H,7-14H2,1-2H3,(H,23,24). The maximum absolute atomic E-state index is 12.3. The maximum Gasteiger partial charge on any atom is 0.304 e. The third-order valence-electron chi connectivity index (χ3n) is 4.49. The van der Waals surface area contributed by atoms with Gasteiger partial charge in [0.1, 0.15) is 0 Å². The molecule has 1 N–H and O–H groups in total. The molecule has 1 saturated heterocycles. The van der Waals surface area contributed by atoms with Crippen molar-refractivity contribution in [3.8, 4) is 0 Å². The van der Waals surface area contributed by atoms with Crippen LogP contribution in [0.25, 0.3) is 0 Å². The zero-order valence-corrected chi connectivity index (χ0v) is 14.6. The van der Waals surface area contributed by atoms with E-state index in [9.17, 15) is 9.59 Å². The molecule has 1 aliphatic rings. The van der Waals surface area contributed by atoms with E-state index in [4.69, 9.17) is 5.11 Å². The van der Waals surface area contributed by atoms with Gasteiger partial charge in [0, 0.05) is 39.3 Å². The van der Waals surface area contributed by atoms with E-state index in [1.807, 2.05) is 4.90 Å². The first-order valence-electron chi connectivity index (χ1n) is 8.40. The van der Waals surface area contributed by atoms with Gasteiger partial charge in [0.05, 0.1) is 13.0 Å². The molecule has 0 radical (unpaired) electrons. The van der Waals surface area contributed by atoms with E-state index in [1.54, 1.807) is 11.9 Å². The van der Waals surface area contributed by atoms with Gasteiger partial charge in [-0.3, -0.25) is 19.4 Å². The maximum atomic E-state index is 12.3. The fraction of sp³-hybridized carbons (Fsp3) is 0.556. The number of aliphatic carboxylic acids is 1. The highest BCUT2D eigenvalue weighted by Gasteiger charge is 2.22. The van der Waals surface area contributed by atoms with E-state index in [1.165, 1.54) is 11.1 Å². The number of benzene rings is 1. The Hall–Kier alpha value is -1.92. The van der Waals surface area contributed by atoms with Gasteiger partial charge in [0.2, 0.25) is 5.91 Å². The van der Waals surface area contributed by atoms with Gasteiger partial charge < -0.3 is 10.0 Å². The number of carboxylic acid groups (broad SMARTS) is 1. The number of rotatable bonds is 7. The minimum Gasteiger partial charge on any atom is -0.481 e. The lowest BCUT2D eigenvalue weighted by molar-refractivity contribution is -0.138. The van der Waals surface area contributed by atoms with Crippen LogP contribution < -0.4 is 0 Å². The van der Waals surface area contributed by atoms with Crippen molar-refractivity contribution < 1.29 is 14.7 Å². The van der Waals surface area contributed by atoms with Gasteiger partial charge in [-0.2, -0.15) is 0 Å². The molecule has 0 aromatic heterocycles. The summed E-state index contributed by atoms with van der Waals surface area (Å²) in [7, 11) is 1.79. The highest BCUT2D eigenvalue weighted by molar-refractivity contribution is 5.78. The Labute approximate surface area is 143 Å². The number of carboxylic acids is 1. The van der Waals surface area contributed by atoms with Crippen LogP contribution in [0.15, 0.2) is 24.3 Å². The Kier molecular flexibility index (Phi) is 6.75. The van der Waals surface area contributed by atoms with Gasteiger partial charge in [-0.05, 0) is 25.1 Å². The monoisotopic (exact) mass is 333 g/mol. The molecule has 132 valence electrons. The number of piperazine rings is 1. The molecule has 1 fully saturated rings. The second-order valence-electron chi connectivity index (χ2n) is 6.46. The molecule has 1 aromatic rings. The fourth-order valence-electron chi connectivity index (χ4n) is 2.88. The molecule has 0 atom stereocenters. The number of likely N-dealkylation sites (N-methyl/N-ethyl adjacent to an activating group) is 1. The van der Waals surface area contributed by atoms with Gasteiger partial charge >= 0.3 is 5.97 Å². The summed E-state index contributed by atoms with van der Waals surface area (Å²) in [5, 5.41) is 8.69. The predicted octanol–water partition coefficient (Wildman–Crippen LogP) is 1.05. The molecular weight excluding hydrogens is 306 g/mol. The molecule has 1 aliphatic heterocycles. The van der Waals surface area contributed by atoms with Crippen molar-refractivity contribution in [3.63, 3.8) is 0 Å². The van der Waals surface area contributed by atoms with E-state index >= 15 is 0 Å². The average Bonchev–Trinajstić information content (AvgIpc) is 2.55. The SMILES string of the molecule is Cc1ccccc1CN1CCN(C(=O)CN(C)CCC(=O)O)CC1. The number of carbonyl (C=O) groups is 2. The Morgan fingerprint density at radius 2 is 1.83 bits per heavy atom. The van der Waals surface area contributed by atoms with Crippen molar-refractivity contribution >= 4 is 11.9 Å². The van der Waals surface area contributed by atoms with Crippen LogP contribution in [0, 0.1) is 6.92 Å². The van der Waals surface area contributed by atoms with E-state index < -0.39 is 5.97 Å². The van der Waals surface area contributed by atoms with Crippen molar-refractivity contribution in [2.45, 2.75) is 19.9 Å². The van der Waals surface area contributed by atoms with Crippen molar-refractivity contribution in [2.75, 3.05) is 46.3 Å². The summed E-state index contributed by atoms with van der Waals surface area (Å²) in [6.45, 7) is 6.95. The van der Waals surface area contributed by atoms with Crippen LogP contribution in [0.3, 0.4) is 0 Å². The summed E-state index contributed by atoms with van der Waals surface area (Å²) in [6.07, 6.45) is 0.0635. The molecule has 1 amide bonds. The Morgan fingerprint density at radius 3 is 2.46 bits per heavy atom. The Morgan fingerprint density at radius 1 is 1.17 bits per heavy atom. The second kappa shape index (κ2) is 8.80. The third kappa shape index (κ3) is 5.62. The van der Waals surface area contributed by atoms with Gasteiger partial charge in [-0.15, -0.1) is 0 Å². The van der Waals surface area contributed by atoms with Gasteiger partial charge in [-0.1, -0.05) is 24.3 Å². The van der Waals surface area contributed by atoms with Crippen molar-refractivity contribution in [1.29, 1.82) is 0 Å². The summed E-state index contributed by atoms with van der Waals surface area (Å²) in [6, 6.07) is 8.40. The van der Waals surface area contributed by atoms with E-state index in [0.717, 1.165) is 32.7 Å². The molecular formula is C18H27N3O3. The lowest BCUT2D eigenvalue weighted by atomic mass is 10.1. The number of hydrogen-bond acceptors (Lipinski definition) is 4. The predicted molar refractivity (Wildman–Crippen MR) is 92.8 cm³/mol. The zero-order valence-electron chi connectivity index (χ0n) is 14.6. The molecule has 6 nitrogen and oxygen atoms in total. The number of amides is 1. The van der Waals surface area contributed by atoms with Crippen LogP contribution >= 0.6 is 0 Å². The summed E-state index contributed by atoms with van der Waals surface area (Å²) in [5.74, 6) is -0.752. The molecule has 1 aromatic carbocycles. The highest BCUT2D eigenvalue weighted by Crippen LogP contribution is 2.12. The third-order valence-corrected chi connectivity index (χ3v) is 4.49. The number of nitrogens with zero attached hydrogens (tertiary/aromatic N) is 3. The minimum absolute atomic E-state index is 0.0635. The van der Waals surface area contributed by atoms with E-state index in [-0.39, 0.29) is 18.9 Å². The molecule has 0 unspecified atom stereocenters. The summed E-state index contributed by atoms with van der Waals surface area (Å²) in [5.41, 5.74) is 2.64. The topological polar surface area (TPSA) is 64.1 Å². The lowest BCUT2D eigenvalue weighted by Gasteiger charge is -2.35. The second-order valence-corrected chi connectivity index (χ2v) is 6.46. The number of aryl methyl sites for hydroxylation is 1. The molecule has 24 heavy (non-hydrogen) atoms. The first kappa shape index (κ1) is 18.4. The first-order valence-corrected chi connectivity index (χ1v) is 8.40. The number of carbonyl (C=O) groups excluding carboxylic acids is 1. The fourth-order valence-corrected chi connectivity index (χ4v) is 2.88.